The van der Waals surface area contributed by atoms with E-state index in [1.54, 1.807) is 38.1 Å². The van der Waals surface area contributed by atoms with E-state index in [9.17, 15) is 18.0 Å². The van der Waals surface area contributed by atoms with Crippen LogP contribution in [0, 0.1) is 11.6 Å². The summed E-state index contributed by atoms with van der Waals surface area (Å²) in [4.78, 5) is 31.9. The number of nitrogens with zero attached hydrogens (tertiary/aromatic N) is 3. The first-order valence-corrected chi connectivity index (χ1v) is 19.6. The number of alkyl halides is 2. The fourth-order valence-corrected chi connectivity index (χ4v) is 8.03. The molecule has 1 atom stereocenters. The van der Waals surface area contributed by atoms with Crippen molar-refractivity contribution in [2.24, 2.45) is 7.05 Å². The number of H-pyrrole nitrogens is 1. The van der Waals surface area contributed by atoms with Gasteiger partial charge in [0.15, 0.2) is 38.0 Å². The van der Waals surface area contributed by atoms with Crippen LogP contribution in [0.15, 0.2) is 65.7 Å². The third kappa shape index (κ3) is 8.34. The highest BCUT2D eigenvalue weighted by atomic mass is 32.2. The van der Waals surface area contributed by atoms with Gasteiger partial charge in [0, 0.05) is 55.0 Å². The zero-order valence-corrected chi connectivity index (χ0v) is 31.9. The Kier molecular flexibility index (Phi) is 11.4. The van der Waals surface area contributed by atoms with E-state index in [0.717, 1.165) is 18.2 Å². The number of rotatable bonds is 7. The SMILES string of the molecule is CCOC(=O)CCc1cccc(C2(C)CCC(F)(F)CCS(=O)(=O)/C(C(=O)OCC)=C\c3c(c(F)cc4[nH]ccc34)Oc3ccc(F)c(c3)-c3nc2nn3C)c1. The van der Waals surface area contributed by atoms with Gasteiger partial charge < -0.3 is 19.2 Å². The Bertz CT molecular complexity index is 2440. The smallest absolute Gasteiger partial charge is 0.349 e. The lowest BCUT2D eigenvalue weighted by molar-refractivity contribution is -0.143. The number of sulfone groups is 1. The van der Waals surface area contributed by atoms with E-state index >= 15 is 17.6 Å². The van der Waals surface area contributed by atoms with Crippen molar-refractivity contribution in [2.45, 2.75) is 64.2 Å². The number of esters is 2. The van der Waals surface area contributed by atoms with Gasteiger partial charge in [-0.05, 0) is 75.1 Å². The summed E-state index contributed by atoms with van der Waals surface area (Å²) in [5, 5.41) is 4.82. The molecule has 16 heteroatoms. The van der Waals surface area contributed by atoms with Crippen LogP contribution in [0.1, 0.15) is 69.0 Å². The van der Waals surface area contributed by atoms with E-state index in [1.807, 2.05) is 0 Å². The number of ether oxygens (including phenoxy) is 3. The number of aromatic amines is 1. The summed E-state index contributed by atoms with van der Waals surface area (Å²) in [5.74, 6) is -8.71. The lowest BCUT2D eigenvalue weighted by atomic mass is 9.76. The summed E-state index contributed by atoms with van der Waals surface area (Å²) < 4.78 is 109. The number of carbonyl (C=O) groups is 2. The summed E-state index contributed by atoms with van der Waals surface area (Å²) in [6.45, 7) is 4.78. The molecule has 2 aromatic heterocycles. The summed E-state index contributed by atoms with van der Waals surface area (Å²) >= 11 is 0. The molecule has 56 heavy (non-hydrogen) atoms. The number of carbonyl (C=O) groups excluding carboxylic acids is 2. The van der Waals surface area contributed by atoms with Crippen LogP contribution in [0.3, 0.4) is 0 Å². The molecule has 0 spiro atoms. The first-order chi connectivity index (χ1) is 26.5. The molecular formula is C40H40F4N4O7S. The van der Waals surface area contributed by atoms with Crippen molar-refractivity contribution in [3.05, 3.63) is 99.8 Å². The number of nitrogens with one attached hydrogen (secondary N) is 1. The van der Waals surface area contributed by atoms with Gasteiger partial charge >= 0.3 is 11.9 Å². The Morgan fingerprint density at radius 1 is 0.982 bits per heavy atom. The van der Waals surface area contributed by atoms with Gasteiger partial charge in [0.05, 0.1) is 29.9 Å². The van der Waals surface area contributed by atoms with E-state index in [2.05, 4.69) is 15.1 Å². The minimum absolute atomic E-state index is 0.0119. The van der Waals surface area contributed by atoms with Crippen molar-refractivity contribution in [2.75, 3.05) is 19.0 Å². The molecule has 0 saturated heterocycles. The van der Waals surface area contributed by atoms with Gasteiger partial charge in [-0.15, -0.1) is 0 Å². The Morgan fingerprint density at radius 3 is 2.50 bits per heavy atom. The summed E-state index contributed by atoms with van der Waals surface area (Å²) in [7, 11) is -3.29. The van der Waals surface area contributed by atoms with Crippen molar-refractivity contribution < 1.29 is 49.8 Å². The fraction of sp³-hybridized carbons (Fsp3) is 0.350. The second kappa shape index (κ2) is 15.9. The normalized spacial score (nSPS) is 19.1. The van der Waals surface area contributed by atoms with Gasteiger partial charge in [-0.1, -0.05) is 24.3 Å². The van der Waals surface area contributed by atoms with Crippen LogP contribution >= 0.6 is 0 Å². The van der Waals surface area contributed by atoms with E-state index in [-0.39, 0.29) is 65.5 Å². The number of hydrogen-bond acceptors (Lipinski definition) is 9. The van der Waals surface area contributed by atoms with Crippen LogP contribution < -0.4 is 4.74 Å². The standard InChI is InChI=1S/C40H40F4N4O7S/c1-5-53-34(49)13-10-24-8-7-9-25(20-24)39(3)15-16-40(43,44)17-19-56(51,52)33(37(50)54-6-2)22-28-27-14-18-45-32(27)23-31(42)35(28)55-26-11-12-30(41)29(21-26)36-46-38(39)47-48(36)4/h7-9,11-12,14,18,20-23,45H,5-6,10,13,15-17,19H2,1-4H3/b33-22-. The van der Waals surface area contributed by atoms with Gasteiger partial charge in [-0.25, -0.2) is 40.4 Å². The van der Waals surface area contributed by atoms with Crippen molar-refractivity contribution >= 4 is 38.8 Å². The lowest BCUT2D eigenvalue weighted by Gasteiger charge is -2.30. The number of benzene rings is 3. The van der Waals surface area contributed by atoms with Crippen LogP contribution in [-0.4, -0.2) is 65.0 Å². The molecule has 3 aromatic carbocycles. The number of hydrogen-bond donors (Lipinski definition) is 1. The van der Waals surface area contributed by atoms with E-state index in [4.69, 9.17) is 14.2 Å². The largest absolute Gasteiger partial charge is 0.466 e. The predicted molar refractivity (Wildman–Crippen MR) is 200 cm³/mol. The topological polar surface area (TPSA) is 142 Å². The minimum Gasteiger partial charge on any atom is -0.466 e. The molecule has 0 saturated carbocycles. The maximum atomic E-state index is 16.0. The second-order valence-electron chi connectivity index (χ2n) is 13.7. The van der Waals surface area contributed by atoms with Gasteiger partial charge in [-0.2, -0.15) is 5.10 Å². The lowest BCUT2D eigenvalue weighted by Crippen LogP contribution is -2.31. The maximum Gasteiger partial charge on any atom is 0.349 e. The molecule has 5 aromatic rings. The van der Waals surface area contributed by atoms with E-state index < -0.39 is 74.0 Å². The highest BCUT2D eigenvalue weighted by Gasteiger charge is 2.41. The molecule has 0 radical (unpaired) electrons. The van der Waals surface area contributed by atoms with Crippen LogP contribution in [0.2, 0.25) is 0 Å². The number of aryl methyl sites for hydroxylation is 2. The molecule has 1 aliphatic heterocycles. The number of aromatic nitrogens is 4. The molecule has 1 unspecified atom stereocenters. The van der Waals surface area contributed by atoms with Crippen molar-refractivity contribution in [3.8, 4) is 22.9 Å². The molecule has 0 fully saturated rings. The van der Waals surface area contributed by atoms with Crippen molar-refractivity contribution in [3.63, 3.8) is 0 Å². The molecule has 4 bridgehead atoms. The number of halogens is 4. The molecule has 0 aliphatic carbocycles. The molecule has 1 N–H and O–H groups in total. The molecule has 3 heterocycles. The molecule has 6 rings (SSSR count). The predicted octanol–water partition coefficient (Wildman–Crippen LogP) is 7.97. The molecule has 0 amide bonds. The summed E-state index contributed by atoms with van der Waals surface area (Å²) in [5.41, 5.74) is -0.224. The molecular weight excluding hydrogens is 757 g/mol. The fourth-order valence-electron chi connectivity index (χ4n) is 6.63. The second-order valence-corrected chi connectivity index (χ2v) is 15.7. The summed E-state index contributed by atoms with van der Waals surface area (Å²) in [6, 6.07) is 13.1. The zero-order chi connectivity index (χ0) is 40.4. The zero-order valence-electron chi connectivity index (χ0n) is 31.1. The monoisotopic (exact) mass is 796 g/mol. The summed E-state index contributed by atoms with van der Waals surface area (Å²) in [6.07, 6.45) is 0.377. The Hall–Kier alpha value is -5.51. The average Bonchev–Trinajstić information content (AvgIpc) is 3.79. The van der Waals surface area contributed by atoms with Crippen LogP contribution in [0.4, 0.5) is 17.6 Å². The Balaban J connectivity index is 1.54. The molecule has 11 nitrogen and oxygen atoms in total. The van der Waals surface area contributed by atoms with E-state index in [1.165, 1.54) is 43.0 Å². The first kappa shape index (κ1) is 40.2. The van der Waals surface area contributed by atoms with Crippen molar-refractivity contribution in [1.29, 1.82) is 0 Å². The minimum atomic E-state index is -4.80. The Morgan fingerprint density at radius 2 is 1.75 bits per heavy atom. The van der Waals surface area contributed by atoms with Gasteiger partial charge in [-0.3, -0.25) is 4.79 Å². The van der Waals surface area contributed by atoms with Gasteiger partial charge in [0.2, 0.25) is 5.92 Å². The van der Waals surface area contributed by atoms with Crippen molar-refractivity contribution in [1.82, 2.24) is 19.7 Å². The van der Waals surface area contributed by atoms with Crippen LogP contribution in [0.25, 0.3) is 28.4 Å². The molecule has 296 valence electrons. The third-order valence-corrected chi connectivity index (χ3v) is 11.5. The first-order valence-electron chi connectivity index (χ1n) is 18.0. The highest BCUT2D eigenvalue weighted by molar-refractivity contribution is 7.96. The quantitative estimate of drug-likeness (QED) is 0.128. The highest BCUT2D eigenvalue weighted by Crippen LogP contribution is 2.42. The van der Waals surface area contributed by atoms with Crippen LogP contribution in [0.5, 0.6) is 11.5 Å². The third-order valence-electron chi connectivity index (χ3n) is 9.76. The van der Waals surface area contributed by atoms with E-state index in [0.29, 0.717) is 17.5 Å². The maximum absolute atomic E-state index is 16.0. The number of fused-ring (bicyclic) bond motifs is 8. The molecule has 1 aliphatic rings. The van der Waals surface area contributed by atoms with Crippen LogP contribution in [-0.2, 0) is 47.8 Å². The Labute approximate surface area is 320 Å². The van der Waals surface area contributed by atoms with Gasteiger partial charge in [0.1, 0.15) is 11.6 Å². The average molecular weight is 797 g/mol. The van der Waals surface area contributed by atoms with Gasteiger partial charge in [0.25, 0.3) is 0 Å².